The van der Waals surface area contributed by atoms with Crippen LogP contribution >= 0.6 is 35.3 Å². The first-order valence-corrected chi connectivity index (χ1v) is 9.05. The molecule has 0 unspecified atom stereocenters. The van der Waals surface area contributed by atoms with Gasteiger partial charge >= 0.3 is 0 Å². The van der Waals surface area contributed by atoms with Gasteiger partial charge in [-0.2, -0.15) is 0 Å². The van der Waals surface area contributed by atoms with Crippen LogP contribution < -0.4 is 10.6 Å². The molecule has 24 heavy (non-hydrogen) atoms. The number of rotatable bonds is 6. The normalized spacial score (nSPS) is 16.2. The fourth-order valence-electron chi connectivity index (χ4n) is 2.90. The zero-order valence-corrected chi connectivity index (χ0v) is 17.3. The van der Waals surface area contributed by atoms with E-state index >= 15 is 0 Å². The molecule has 0 radical (unpaired) electrons. The summed E-state index contributed by atoms with van der Waals surface area (Å²) in [6, 6.07) is 4.01. The van der Waals surface area contributed by atoms with Gasteiger partial charge in [0.05, 0.1) is 17.1 Å². The maximum Gasteiger partial charge on any atom is 0.236 e. The van der Waals surface area contributed by atoms with E-state index in [1.54, 1.807) is 24.6 Å². The lowest BCUT2D eigenvalue weighted by atomic mass is 9.67. The highest BCUT2D eigenvalue weighted by molar-refractivity contribution is 14.0. The number of aromatic nitrogens is 1. The van der Waals surface area contributed by atoms with Crippen LogP contribution in [0.1, 0.15) is 38.3 Å². The summed E-state index contributed by atoms with van der Waals surface area (Å²) < 4.78 is 5.53. The molecule has 2 aromatic heterocycles. The second-order valence-corrected chi connectivity index (χ2v) is 7.06. The number of hydrogen-bond acceptors (Lipinski definition) is 4. The first-order valence-electron chi connectivity index (χ1n) is 8.17. The highest BCUT2D eigenvalue weighted by Crippen LogP contribution is 2.42. The Bertz CT molecular complexity index is 644. The lowest BCUT2D eigenvalue weighted by Crippen LogP contribution is -2.46. The minimum atomic E-state index is 0. The predicted molar refractivity (Wildman–Crippen MR) is 110 cm³/mol. The van der Waals surface area contributed by atoms with Gasteiger partial charge in [-0.3, -0.25) is 4.99 Å². The number of nitrogens with one attached hydrogen (secondary N) is 2. The molecule has 1 aliphatic carbocycles. The van der Waals surface area contributed by atoms with Crippen LogP contribution in [0.15, 0.2) is 33.2 Å². The van der Waals surface area contributed by atoms with Gasteiger partial charge in [-0.1, -0.05) is 19.4 Å². The highest BCUT2D eigenvalue weighted by atomic mass is 127. The molecular formula is C17H25IN4OS. The van der Waals surface area contributed by atoms with Gasteiger partial charge in [0.25, 0.3) is 0 Å². The lowest BCUT2D eigenvalue weighted by molar-refractivity contribution is 0.131. The summed E-state index contributed by atoms with van der Waals surface area (Å²) in [5.41, 5.74) is 1.35. The van der Waals surface area contributed by atoms with Gasteiger partial charge in [-0.05, 0) is 36.1 Å². The number of thiophene rings is 1. The van der Waals surface area contributed by atoms with Gasteiger partial charge in [-0.25, -0.2) is 4.98 Å². The third kappa shape index (κ3) is 4.50. The van der Waals surface area contributed by atoms with E-state index in [4.69, 9.17) is 4.42 Å². The fourth-order valence-corrected chi connectivity index (χ4v) is 3.56. The van der Waals surface area contributed by atoms with Crippen LogP contribution in [-0.4, -0.2) is 24.5 Å². The van der Waals surface area contributed by atoms with E-state index in [1.807, 2.05) is 17.5 Å². The summed E-state index contributed by atoms with van der Waals surface area (Å²) in [6.07, 6.45) is 6.92. The molecule has 3 rings (SSSR count). The predicted octanol–water partition coefficient (Wildman–Crippen LogP) is 4.27. The third-order valence-electron chi connectivity index (χ3n) is 4.74. The summed E-state index contributed by atoms with van der Waals surface area (Å²) in [4.78, 5) is 9.85. The summed E-state index contributed by atoms with van der Waals surface area (Å²) >= 11 is 1.63. The molecule has 0 bridgehead atoms. The van der Waals surface area contributed by atoms with Crippen molar-refractivity contribution in [1.82, 2.24) is 15.6 Å². The lowest BCUT2D eigenvalue weighted by Gasteiger charge is -2.41. The minimum Gasteiger partial charge on any atom is -0.443 e. The molecule has 0 saturated heterocycles. The standard InChI is InChI=1S/C17H24N4OS.HI/c1-3-17(7-5-8-17)12-20-16(18-2)19-10-13-11-22-15(21-13)14-6-4-9-23-14;/h4,6,9,11H,3,5,7-8,10,12H2,1-2H3,(H2,18,19,20);1H. The second kappa shape index (κ2) is 8.84. The Kier molecular flexibility index (Phi) is 7.09. The average Bonchev–Trinajstić information content (AvgIpc) is 3.20. The highest BCUT2D eigenvalue weighted by Gasteiger charge is 2.34. The van der Waals surface area contributed by atoms with Gasteiger partial charge in [0.15, 0.2) is 5.96 Å². The molecule has 0 spiro atoms. The van der Waals surface area contributed by atoms with Crippen molar-refractivity contribution in [1.29, 1.82) is 0 Å². The molecule has 7 heteroatoms. The molecular weight excluding hydrogens is 435 g/mol. The van der Waals surface area contributed by atoms with E-state index in [1.165, 1.54) is 25.7 Å². The van der Waals surface area contributed by atoms with E-state index in [0.29, 0.717) is 17.9 Å². The maximum absolute atomic E-state index is 5.53. The Morgan fingerprint density at radius 3 is 2.83 bits per heavy atom. The second-order valence-electron chi connectivity index (χ2n) is 6.11. The van der Waals surface area contributed by atoms with Crippen LogP contribution in [0.3, 0.4) is 0 Å². The molecule has 2 N–H and O–H groups in total. The Labute approximate surface area is 164 Å². The van der Waals surface area contributed by atoms with Crippen molar-refractivity contribution in [2.75, 3.05) is 13.6 Å². The first kappa shape index (κ1) is 19.2. The molecule has 0 aliphatic heterocycles. The third-order valence-corrected chi connectivity index (χ3v) is 5.60. The smallest absolute Gasteiger partial charge is 0.236 e. The topological polar surface area (TPSA) is 62.5 Å². The Morgan fingerprint density at radius 1 is 1.42 bits per heavy atom. The van der Waals surface area contributed by atoms with Crippen molar-refractivity contribution in [3.05, 3.63) is 29.5 Å². The summed E-state index contributed by atoms with van der Waals surface area (Å²) in [7, 11) is 1.80. The number of oxazole rings is 1. The van der Waals surface area contributed by atoms with Crippen molar-refractivity contribution < 1.29 is 4.42 Å². The maximum atomic E-state index is 5.53. The average molecular weight is 460 g/mol. The van der Waals surface area contributed by atoms with E-state index in [9.17, 15) is 0 Å². The zero-order chi connectivity index (χ0) is 16.1. The van der Waals surface area contributed by atoms with Crippen LogP contribution in [0.2, 0.25) is 0 Å². The van der Waals surface area contributed by atoms with Gasteiger partial charge in [0, 0.05) is 13.6 Å². The van der Waals surface area contributed by atoms with Crippen molar-refractivity contribution in [2.24, 2.45) is 10.4 Å². The summed E-state index contributed by atoms with van der Waals surface area (Å²) in [5, 5.41) is 8.78. The summed E-state index contributed by atoms with van der Waals surface area (Å²) in [5.74, 6) is 1.50. The van der Waals surface area contributed by atoms with Gasteiger partial charge < -0.3 is 15.1 Å². The largest absolute Gasteiger partial charge is 0.443 e. The van der Waals surface area contributed by atoms with Crippen LogP contribution in [0.25, 0.3) is 10.8 Å². The van der Waals surface area contributed by atoms with Crippen molar-refractivity contribution in [3.8, 4) is 10.8 Å². The van der Waals surface area contributed by atoms with Crippen LogP contribution in [0, 0.1) is 5.41 Å². The molecule has 132 valence electrons. The van der Waals surface area contributed by atoms with Crippen LogP contribution in [0.5, 0.6) is 0 Å². The van der Waals surface area contributed by atoms with Crippen molar-refractivity contribution in [2.45, 2.75) is 39.2 Å². The molecule has 2 aromatic rings. The zero-order valence-electron chi connectivity index (χ0n) is 14.2. The minimum absolute atomic E-state index is 0. The SMILES string of the molecule is CCC1(CNC(=NC)NCc2coc(-c3cccs3)n2)CCC1.I. The van der Waals surface area contributed by atoms with E-state index in [-0.39, 0.29) is 24.0 Å². The monoisotopic (exact) mass is 460 g/mol. The first-order chi connectivity index (χ1) is 11.2. The van der Waals surface area contributed by atoms with E-state index < -0.39 is 0 Å². The van der Waals surface area contributed by atoms with Crippen molar-refractivity contribution >= 4 is 41.3 Å². The van der Waals surface area contributed by atoms with Gasteiger partial charge in [-0.15, -0.1) is 35.3 Å². The molecule has 1 aliphatic rings. The number of guanidine groups is 1. The number of nitrogens with zero attached hydrogens (tertiary/aromatic N) is 2. The Balaban J connectivity index is 0.00000208. The Hall–Kier alpha value is -1.09. The summed E-state index contributed by atoms with van der Waals surface area (Å²) in [6.45, 7) is 3.87. The molecule has 1 saturated carbocycles. The molecule has 0 aromatic carbocycles. The number of aliphatic imine (C=N–C) groups is 1. The van der Waals surface area contributed by atoms with Crippen LogP contribution in [-0.2, 0) is 6.54 Å². The van der Waals surface area contributed by atoms with Gasteiger partial charge in [0.1, 0.15) is 6.26 Å². The number of halogens is 1. The van der Waals surface area contributed by atoms with E-state index in [0.717, 1.165) is 23.1 Å². The fraction of sp³-hybridized carbons (Fsp3) is 0.529. The molecule has 2 heterocycles. The van der Waals surface area contributed by atoms with Crippen molar-refractivity contribution in [3.63, 3.8) is 0 Å². The molecule has 0 amide bonds. The Morgan fingerprint density at radius 2 is 2.25 bits per heavy atom. The quantitative estimate of drug-likeness (QED) is 0.384. The molecule has 5 nitrogen and oxygen atoms in total. The number of hydrogen-bond donors (Lipinski definition) is 2. The molecule has 1 fully saturated rings. The van der Waals surface area contributed by atoms with E-state index in [2.05, 4.69) is 27.5 Å². The van der Waals surface area contributed by atoms with Crippen LogP contribution in [0.4, 0.5) is 0 Å². The molecule has 0 atom stereocenters. The van der Waals surface area contributed by atoms with Gasteiger partial charge in [0.2, 0.25) is 5.89 Å².